The summed E-state index contributed by atoms with van der Waals surface area (Å²) in [6.07, 6.45) is 0.640. The van der Waals surface area contributed by atoms with Crippen molar-refractivity contribution in [3.05, 3.63) is 75.1 Å². The van der Waals surface area contributed by atoms with Gasteiger partial charge >= 0.3 is 5.63 Å². The number of phenols is 1. The SMILES string of the molecule is CCc1cc2c(C[NH2+][C@@H](C)c3ccc(F)cc3F)cc(=O)oc2cc1O. The Balaban J connectivity index is 1.91. The molecule has 0 aliphatic rings. The third kappa shape index (κ3) is 3.60. The van der Waals surface area contributed by atoms with Crippen molar-refractivity contribution in [1.82, 2.24) is 0 Å². The standard InChI is InChI=1S/C20H19F2NO3/c1-3-12-6-16-13(7-20(25)26-19(16)9-18(12)24)10-23-11(2)15-5-4-14(21)8-17(15)22/h4-9,11,23-24H,3,10H2,1-2H3/p+1/t11-/m0/s1. The van der Waals surface area contributed by atoms with Gasteiger partial charge in [0.1, 0.15) is 35.6 Å². The van der Waals surface area contributed by atoms with Crippen LogP contribution >= 0.6 is 0 Å². The first kappa shape index (κ1) is 18.1. The minimum absolute atomic E-state index is 0.0889. The highest BCUT2D eigenvalue weighted by atomic mass is 19.1. The molecule has 0 unspecified atom stereocenters. The molecule has 6 heteroatoms. The minimum atomic E-state index is -0.614. The molecule has 0 amide bonds. The smallest absolute Gasteiger partial charge is 0.336 e. The normalized spacial score (nSPS) is 12.5. The molecule has 4 nitrogen and oxygen atoms in total. The van der Waals surface area contributed by atoms with E-state index in [0.717, 1.165) is 22.6 Å². The molecule has 3 N–H and O–H groups in total. The topological polar surface area (TPSA) is 67.0 Å². The zero-order chi connectivity index (χ0) is 18.8. The van der Waals surface area contributed by atoms with Gasteiger partial charge in [0, 0.05) is 34.7 Å². The number of fused-ring (bicyclic) bond motifs is 1. The summed E-state index contributed by atoms with van der Waals surface area (Å²) in [5.41, 5.74) is 1.69. The Hall–Kier alpha value is -2.73. The molecule has 1 heterocycles. The maximum absolute atomic E-state index is 13.9. The first-order chi connectivity index (χ1) is 12.4. The molecule has 3 aromatic rings. The van der Waals surface area contributed by atoms with Crippen LogP contribution in [0, 0.1) is 11.6 Å². The summed E-state index contributed by atoms with van der Waals surface area (Å²) in [5.74, 6) is -1.12. The van der Waals surface area contributed by atoms with Gasteiger partial charge in [-0.2, -0.15) is 0 Å². The second-order valence-corrected chi connectivity index (χ2v) is 6.32. The zero-order valence-electron chi connectivity index (χ0n) is 14.6. The van der Waals surface area contributed by atoms with Crippen molar-refractivity contribution in [2.75, 3.05) is 0 Å². The predicted molar refractivity (Wildman–Crippen MR) is 93.9 cm³/mol. The molecule has 0 fully saturated rings. The first-order valence-corrected chi connectivity index (χ1v) is 8.46. The van der Waals surface area contributed by atoms with Gasteiger partial charge in [-0.05, 0) is 37.1 Å². The molecule has 0 aliphatic carbocycles. The number of aryl methyl sites for hydroxylation is 1. The first-order valence-electron chi connectivity index (χ1n) is 8.46. The van der Waals surface area contributed by atoms with E-state index in [2.05, 4.69) is 0 Å². The molecule has 1 atom stereocenters. The molecular weight excluding hydrogens is 340 g/mol. The van der Waals surface area contributed by atoms with Crippen LogP contribution in [0.1, 0.15) is 36.6 Å². The Labute approximate surface area is 149 Å². The van der Waals surface area contributed by atoms with E-state index in [1.165, 1.54) is 24.3 Å². The van der Waals surface area contributed by atoms with Crippen LogP contribution in [0.4, 0.5) is 8.78 Å². The van der Waals surface area contributed by atoms with Gasteiger partial charge in [0.05, 0.1) is 0 Å². The monoisotopic (exact) mass is 360 g/mol. The third-order valence-corrected chi connectivity index (χ3v) is 4.55. The largest absolute Gasteiger partial charge is 0.508 e. The van der Waals surface area contributed by atoms with E-state index in [1.54, 1.807) is 6.07 Å². The van der Waals surface area contributed by atoms with Crippen molar-refractivity contribution in [3.8, 4) is 5.75 Å². The Morgan fingerprint density at radius 3 is 2.62 bits per heavy atom. The van der Waals surface area contributed by atoms with Crippen molar-refractivity contribution in [3.63, 3.8) is 0 Å². The molecule has 2 aromatic carbocycles. The van der Waals surface area contributed by atoms with Gasteiger partial charge in [0.2, 0.25) is 0 Å². The van der Waals surface area contributed by atoms with Crippen LogP contribution in [-0.2, 0) is 13.0 Å². The average Bonchev–Trinajstić information content (AvgIpc) is 2.58. The third-order valence-electron chi connectivity index (χ3n) is 4.55. The summed E-state index contributed by atoms with van der Waals surface area (Å²) in [5, 5.41) is 12.6. The summed E-state index contributed by atoms with van der Waals surface area (Å²) >= 11 is 0. The van der Waals surface area contributed by atoms with Gasteiger partial charge in [0.15, 0.2) is 0 Å². The molecule has 0 aliphatic heterocycles. The minimum Gasteiger partial charge on any atom is -0.508 e. The van der Waals surface area contributed by atoms with Crippen molar-refractivity contribution in [1.29, 1.82) is 0 Å². The van der Waals surface area contributed by atoms with Gasteiger partial charge < -0.3 is 14.8 Å². The molecule has 0 spiro atoms. The van der Waals surface area contributed by atoms with Gasteiger partial charge in [-0.15, -0.1) is 0 Å². The van der Waals surface area contributed by atoms with Crippen LogP contribution in [0.2, 0.25) is 0 Å². The number of hydrogen-bond donors (Lipinski definition) is 2. The van der Waals surface area contributed by atoms with Crippen molar-refractivity contribution < 1.29 is 23.6 Å². The zero-order valence-corrected chi connectivity index (χ0v) is 14.6. The van der Waals surface area contributed by atoms with Crippen molar-refractivity contribution >= 4 is 11.0 Å². The van der Waals surface area contributed by atoms with Crippen LogP contribution in [0.25, 0.3) is 11.0 Å². The summed E-state index contributed by atoms with van der Waals surface area (Å²) < 4.78 is 32.2. The molecule has 136 valence electrons. The molecule has 3 rings (SSSR count). The molecule has 0 radical (unpaired) electrons. The van der Waals surface area contributed by atoms with Crippen LogP contribution in [0.15, 0.2) is 45.6 Å². The summed E-state index contributed by atoms with van der Waals surface area (Å²) in [6, 6.07) is 7.91. The lowest BCUT2D eigenvalue weighted by Crippen LogP contribution is -2.83. The maximum Gasteiger partial charge on any atom is 0.336 e. The fourth-order valence-electron chi connectivity index (χ4n) is 3.06. The van der Waals surface area contributed by atoms with Gasteiger partial charge in [-0.25, -0.2) is 13.6 Å². The van der Waals surface area contributed by atoms with E-state index >= 15 is 0 Å². The average molecular weight is 360 g/mol. The number of halogens is 2. The second kappa shape index (κ2) is 7.25. The summed E-state index contributed by atoms with van der Waals surface area (Å²) in [6.45, 7) is 4.15. The van der Waals surface area contributed by atoms with E-state index in [4.69, 9.17) is 4.42 Å². The Bertz CT molecular complexity index is 1010. The van der Waals surface area contributed by atoms with E-state index in [9.17, 15) is 18.7 Å². The number of hydrogen-bond acceptors (Lipinski definition) is 3. The van der Waals surface area contributed by atoms with Gasteiger partial charge in [-0.3, -0.25) is 0 Å². The van der Waals surface area contributed by atoms with E-state index < -0.39 is 17.3 Å². The second-order valence-electron chi connectivity index (χ2n) is 6.32. The predicted octanol–water partition coefficient (Wildman–Crippen LogP) is 3.16. The number of nitrogens with two attached hydrogens (primary N) is 1. The number of benzene rings is 2. The van der Waals surface area contributed by atoms with Crippen molar-refractivity contribution in [2.45, 2.75) is 32.9 Å². The maximum atomic E-state index is 13.9. The lowest BCUT2D eigenvalue weighted by atomic mass is 10.0. The van der Waals surface area contributed by atoms with E-state index in [1.807, 2.05) is 19.2 Å². The summed E-state index contributed by atoms with van der Waals surface area (Å²) in [4.78, 5) is 11.8. The highest BCUT2D eigenvalue weighted by Crippen LogP contribution is 2.26. The lowest BCUT2D eigenvalue weighted by molar-refractivity contribution is -0.708. The lowest BCUT2D eigenvalue weighted by Gasteiger charge is -2.13. The van der Waals surface area contributed by atoms with Gasteiger partial charge in [-0.1, -0.05) is 6.92 Å². The molecule has 26 heavy (non-hydrogen) atoms. The molecular formula is C20H20F2NO3+. The fourth-order valence-corrected chi connectivity index (χ4v) is 3.06. The van der Waals surface area contributed by atoms with Crippen LogP contribution in [0.3, 0.4) is 0 Å². The van der Waals surface area contributed by atoms with Crippen molar-refractivity contribution in [2.24, 2.45) is 0 Å². The van der Waals surface area contributed by atoms with E-state index in [0.29, 0.717) is 24.1 Å². The van der Waals surface area contributed by atoms with Crippen LogP contribution < -0.4 is 10.9 Å². The van der Waals surface area contributed by atoms with Crippen LogP contribution in [0.5, 0.6) is 5.75 Å². The Morgan fingerprint density at radius 1 is 1.15 bits per heavy atom. The molecule has 1 aromatic heterocycles. The Kier molecular flexibility index (Phi) is 5.04. The highest BCUT2D eigenvalue weighted by Gasteiger charge is 2.16. The molecule has 0 saturated carbocycles. The van der Waals surface area contributed by atoms with Crippen LogP contribution in [-0.4, -0.2) is 5.11 Å². The summed E-state index contributed by atoms with van der Waals surface area (Å²) in [7, 11) is 0. The highest BCUT2D eigenvalue weighted by molar-refractivity contribution is 5.82. The van der Waals surface area contributed by atoms with E-state index in [-0.39, 0.29) is 11.8 Å². The number of rotatable bonds is 5. The quantitative estimate of drug-likeness (QED) is 0.687. The fraction of sp³-hybridized carbons (Fsp3) is 0.250. The molecule has 0 bridgehead atoms. The number of quaternary nitrogens is 1. The van der Waals surface area contributed by atoms with Gasteiger partial charge in [0.25, 0.3) is 0 Å². The number of aromatic hydroxyl groups is 1. The Morgan fingerprint density at radius 2 is 1.92 bits per heavy atom. The number of phenolic OH excluding ortho intramolecular Hbond substituents is 1. The molecule has 0 saturated heterocycles.